The molecule has 1 aliphatic carbocycles. The molecule has 0 atom stereocenters. The summed E-state index contributed by atoms with van der Waals surface area (Å²) in [4.78, 5) is 0. The Balaban J connectivity index is 1.85. The summed E-state index contributed by atoms with van der Waals surface area (Å²) in [7, 11) is 0. The lowest BCUT2D eigenvalue weighted by Crippen LogP contribution is -2.37. The molecule has 1 aromatic carbocycles. The van der Waals surface area contributed by atoms with Crippen molar-refractivity contribution >= 4 is 0 Å². The van der Waals surface area contributed by atoms with Crippen LogP contribution in [0.3, 0.4) is 0 Å². The quantitative estimate of drug-likeness (QED) is 0.848. The summed E-state index contributed by atoms with van der Waals surface area (Å²) in [6.07, 6.45) is 3.70. The maximum absolute atomic E-state index is 12.9. The minimum Gasteiger partial charge on any atom is -0.389 e. The molecule has 1 fully saturated rings. The van der Waals surface area contributed by atoms with Crippen LogP contribution in [-0.4, -0.2) is 17.3 Å². The van der Waals surface area contributed by atoms with Crippen LogP contribution in [0.2, 0.25) is 0 Å². The Morgan fingerprint density at radius 3 is 2.29 bits per heavy atom. The number of rotatable bonds is 4. The SMILES string of the molecule is OC1(CNCc2cc(F)cc(F)c2)CCCC1. The van der Waals surface area contributed by atoms with Crippen LogP contribution in [0.15, 0.2) is 18.2 Å². The van der Waals surface area contributed by atoms with Gasteiger partial charge in [-0.05, 0) is 30.5 Å². The minimum absolute atomic E-state index is 0.372. The standard InChI is InChI=1S/C13H17F2NO/c14-11-5-10(6-12(15)7-11)8-16-9-13(17)3-1-2-4-13/h5-7,16-17H,1-4,8-9H2. The van der Waals surface area contributed by atoms with E-state index in [4.69, 9.17) is 0 Å². The van der Waals surface area contributed by atoms with Crippen LogP contribution >= 0.6 is 0 Å². The van der Waals surface area contributed by atoms with Crippen LogP contribution < -0.4 is 5.32 Å². The van der Waals surface area contributed by atoms with Gasteiger partial charge in [0.1, 0.15) is 11.6 Å². The average molecular weight is 241 g/mol. The summed E-state index contributed by atoms with van der Waals surface area (Å²) in [5, 5.41) is 13.1. The molecule has 2 N–H and O–H groups in total. The molecule has 1 aromatic rings. The third kappa shape index (κ3) is 3.48. The number of hydrogen-bond donors (Lipinski definition) is 2. The average Bonchev–Trinajstić information content (AvgIpc) is 2.64. The summed E-state index contributed by atoms with van der Waals surface area (Å²) in [5.74, 6) is -1.14. The van der Waals surface area contributed by atoms with Crippen molar-refractivity contribution in [1.82, 2.24) is 5.32 Å². The zero-order valence-corrected chi connectivity index (χ0v) is 9.68. The summed E-state index contributed by atoms with van der Waals surface area (Å²) in [6, 6.07) is 3.46. The summed E-state index contributed by atoms with van der Waals surface area (Å²) < 4.78 is 25.8. The molecule has 0 heterocycles. The van der Waals surface area contributed by atoms with Crippen LogP contribution in [0.1, 0.15) is 31.2 Å². The fraction of sp³-hybridized carbons (Fsp3) is 0.538. The van der Waals surface area contributed by atoms with Gasteiger partial charge in [0.2, 0.25) is 0 Å². The fourth-order valence-corrected chi connectivity index (χ4v) is 2.36. The van der Waals surface area contributed by atoms with Gasteiger partial charge < -0.3 is 10.4 Å². The van der Waals surface area contributed by atoms with Crippen LogP contribution in [0.4, 0.5) is 8.78 Å². The van der Waals surface area contributed by atoms with Gasteiger partial charge >= 0.3 is 0 Å². The molecular weight excluding hydrogens is 224 g/mol. The fourth-order valence-electron chi connectivity index (χ4n) is 2.36. The molecule has 1 aliphatic rings. The van der Waals surface area contributed by atoms with Crippen molar-refractivity contribution in [2.75, 3.05) is 6.54 Å². The number of aliphatic hydroxyl groups is 1. The van der Waals surface area contributed by atoms with Gasteiger partial charge in [-0.1, -0.05) is 12.8 Å². The smallest absolute Gasteiger partial charge is 0.126 e. The van der Waals surface area contributed by atoms with E-state index < -0.39 is 17.2 Å². The third-order valence-corrected chi connectivity index (χ3v) is 3.24. The molecule has 0 spiro atoms. The first-order valence-electron chi connectivity index (χ1n) is 5.95. The molecule has 94 valence electrons. The van der Waals surface area contributed by atoms with E-state index in [1.165, 1.54) is 12.1 Å². The van der Waals surface area contributed by atoms with Gasteiger partial charge in [-0.25, -0.2) is 8.78 Å². The lowest BCUT2D eigenvalue weighted by atomic mass is 10.0. The topological polar surface area (TPSA) is 32.3 Å². The maximum Gasteiger partial charge on any atom is 0.126 e. The molecular formula is C13H17F2NO. The predicted molar refractivity (Wildman–Crippen MR) is 61.5 cm³/mol. The number of hydrogen-bond acceptors (Lipinski definition) is 2. The van der Waals surface area contributed by atoms with Crippen molar-refractivity contribution in [2.24, 2.45) is 0 Å². The Morgan fingerprint density at radius 2 is 1.71 bits per heavy atom. The van der Waals surface area contributed by atoms with Crippen molar-refractivity contribution in [3.63, 3.8) is 0 Å². The van der Waals surface area contributed by atoms with Gasteiger partial charge in [0, 0.05) is 19.2 Å². The minimum atomic E-state index is -0.633. The first kappa shape index (κ1) is 12.5. The molecule has 0 aromatic heterocycles. The monoisotopic (exact) mass is 241 g/mol. The van der Waals surface area contributed by atoms with Gasteiger partial charge in [0.05, 0.1) is 5.60 Å². The van der Waals surface area contributed by atoms with E-state index in [1.807, 2.05) is 0 Å². The molecule has 0 bridgehead atoms. The summed E-state index contributed by atoms with van der Waals surface area (Å²) >= 11 is 0. The maximum atomic E-state index is 12.9. The van der Waals surface area contributed by atoms with Gasteiger partial charge in [-0.3, -0.25) is 0 Å². The molecule has 0 radical (unpaired) electrons. The zero-order chi connectivity index (χ0) is 12.3. The number of benzene rings is 1. The number of halogens is 2. The van der Waals surface area contributed by atoms with Crippen molar-refractivity contribution in [3.8, 4) is 0 Å². The van der Waals surface area contributed by atoms with E-state index >= 15 is 0 Å². The van der Waals surface area contributed by atoms with Crippen LogP contribution in [0, 0.1) is 11.6 Å². The zero-order valence-electron chi connectivity index (χ0n) is 9.68. The summed E-state index contributed by atoms with van der Waals surface area (Å²) in [5.41, 5.74) is -0.0737. The first-order chi connectivity index (χ1) is 8.07. The molecule has 0 unspecified atom stereocenters. The second kappa shape index (κ2) is 5.10. The normalized spacial score (nSPS) is 18.5. The highest BCUT2D eigenvalue weighted by atomic mass is 19.1. The van der Waals surface area contributed by atoms with E-state index in [9.17, 15) is 13.9 Å². The highest BCUT2D eigenvalue weighted by molar-refractivity contribution is 5.17. The van der Waals surface area contributed by atoms with E-state index in [0.29, 0.717) is 18.7 Å². The van der Waals surface area contributed by atoms with Crippen LogP contribution in [-0.2, 0) is 6.54 Å². The Hall–Kier alpha value is -1.00. The van der Waals surface area contributed by atoms with Crippen molar-refractivity contribution in [2.45, 2.75) is 37.8 Å². The van der Waals surface area contributed by atoms with Crippen LogP contribution in [0.25, 0.3) is 0 Å². The highest BCUT2D eigenvalue weighted by Gasteiger charge is 2.30. The summed E-state index contributed by atoms with van der Waals surface area (Å²) in [6.45, 7) is 0.849. The largest absolute Gasteiger partial charge is 0.389 e. The van der Waals surface area contributed by atoms with E-state index in [2.05, 4.69) is 5.32 Å². The lowest BCUT2D eigenvalue weighted by Gasteiger charge is -2.22. The van der Waals surface area contributed by atoms with Gasteiger partial charge in [-0.2, -0.15) is 0 Å². The van der Waals surface area contributed by atoms with Crippen molar-refractivity contribution < 1.29 is 13.9 Å². The van der Waals surface area contributed by atoms with Gasteiger partial charge in [0.15, 0.2) is 0 Å². The Bertz CT molecular complexity index is 369. The first-order valence-corrected chi connectivity index (χ1v) is 5.95. The third-order valence-electron chi connectivity index (χ3n) is 3.24. The van der Waals surface area contributed by atoms with E-state index in [-0.39, 0.29) is 0 Å². The lowest BCUT2D eigenvalue weighted by molar-refractivity contribution is 0.0475. The molecule has 4 heteroatoms. The van der Waals surface area contributed by atoms with Crippen LogP contribution in [0.5, 0.6) is 0 Å². The molecule has 1 saturated carbocycles. The number of nitrogens with one attached hydrogen (secondary N) is 1. The Labute approximate surface area is 99.7 Å². The Kier molecular flexibility index (Phi) is 3.74. The predicted octanol–water partition coefficient (Wildman–Crippen LogP) is 2.36. The molecule has 2 nitrogen and oxygen atoms in total. The molecule has 0 saturated heterocycles. The molecule has 0 aliphatic heterocycles. The van der Waals surface area contributed by atoms with E-state index in [0.717, 1.165) is 31.7 Å². The Morgan fingerprint density at radius 1 is 1.12 bits per heavy atom. The second-order valence-electron chi connectivity index (χ2n) is 4.81. The highest BCUT2D eigenvalue weighted by Crippen LogP contribution is 2.28. The van der Waals surface area contributed by atoms with E-state index in [1.54, 1.807) is 0 Å². The second-order valence-corrected chi connectivity index (χ2v) is 4.81. The van der Waals surface area contributed by atoms with Crippen molar-refractivity contribution in [3.05, 3.63) is 35.4 Å². The van der Waals surface area contributed by atoms with Gasteiger partial charge in [-0.15, -0.1) is 0 Å². The molecule has 0 amide bonds. The molecule has 2 rings (SSSR count). The molecule has 17 heavy (non-hydrogen) atoms. The van der Waals surface area contributed by atoms with Gasteiger partial charge in [0.25, 0.3) is 0 Å². The van der Waals surface area contributed by atoms with Crippen molar-refractivity contribution in [1.29, 1.82) is 0 Å².